The molecule has 1 saturated heterocycles. The SMILES string of the molecule is CC(=O)N(C(=O)/C(C#N)=C\N1CCN(C(=O)c2ccco2)CC1)c1ccc(N)cc1. The molecule has 3 amide bonds. The number of anilines is 2. The summed E-state index contributed by atoms with van der Waals surface area (Å²) in [5.74, 6) is -1.16. The molecule has 2 N–H and O–H groups in total. The van der Waals surface area contributed by atoms with Crippen LogP contribution in [0.3, 0.4) is 0 Å². The van der Waals surface area contributed by atoms with Crippen molar-refractivity contribution in [3.8, 4) is 6.07 Å². The highest BCUT2D eigenvalue weighted by Gasteiger charge is 2.26. The number of hydrogen-bond acceptors (Lipinski definition) is 7. The molecule has 154 valence electrons. The predicted molar refractivity (Wildman–Crippen MR) is 109 cm³/mol. The quantitative estimate of drug-likeness (QED) is 0.464. The molecule has 0 atom stereocenters. The maximum absolute atomic E-state index is 12.9. The van der Waals surface area contributed by atoms with E-state index in [2.05, 4.69) is 0 Å². The van der Waals surface area contributed by atoms with Crippen LogP contribution in [-0.2, 0) is 9.59 Å². The lowest BCUT2D eigenvalue weighted by Gasteiger charge is -2.33. The summed E-state index contributed by atoms with van der Waals surface area (Å²) in [6.45, 7) is 2.95. The Labute approximate surface area is 173 Å². The number of hydrogen-bond donors (Lipinski definition) is 1. The van der Waals surface area contributed by atoms with Gasteiger partial charge in [0.15, 0.2) is 5.76 Å². The summed E-state index contributed by atoms with van der Waals surface area (Å²) in [5.41, 5.74) is 6.31. The molecule has 1 fully saturated rings. The fourth-order valence-corrected chi connectivity index (χ4v) is 3.11. The van der Waals surface area contributed by atoms with Crippen LogP contribution in [0.1, 0.15) is 17.5 Å². The minimum absolute atomic E-state index is 0.173. The van der Waals surface area contributed by atoms with Gasteiger partial charge in [-0.25, -0.2) is 4.90 Å². The van der Waals surface area contributed by atoms with Gasteiger partial charge in [0.05, 0.1) is 12.0 Å². The summed E-state index contributed by atoms with van der Waals surface area (Å²) in [6, 6.07) is 11.4. The molecule has 1 aliphatic heterocycles. The minimum atomic E-state index is -0.719. The van der Waals surface area contributed by atoms with E-state index in [1.165, 1.54) is 19.4 Å². The second-order valence-electron chi connectivity index (χ2n) is 6.71. The maximum atomic E-state index is 12.9. The standard InChI is InChI=1S/C21H21N5O4/c1-15(27)26(18-6-4-17(23)5-7-18)20(28)16(13-22)14-24-8-10-25(11-9-24)21(29)19-3-2-12-30-19/h2-7,12,14H,8-11,23H2,1H3/b16-14-. The maximum Gasteiger partial charge on any atom is 0.289 e. The molecule has 1 aliphatic rings. The summed E-state index contributed by atoms with van der Waals surface area (Å²) in [6.07, 6.45) is 2.88. The second-order valence-corrected chi connectivity index (χ2v) is 6.71. The van der Waals surface area contributed by atoms with Crippen LogP contribution >= 0.6 is 0 Å². The van der Waals surface area contributed by atoms with Crippen molar-refractivity contribution in [2.45, 2.75) is 6.92 Å². The third-order valence-electron chi connectivity index (χ3n) is 4.67. The summed E-state index contributed by atoms with van der Waals surface area (Å²) >= 11 is 0. The molecular weight excluding hydrogens is 386 g/mol. The fraction of sp³-hybridized carbons (Fsp3) is 0.238. The van der Waals surface area contributed by atoms with Gasteiger partial charge in [0, 0.05) is 45.0 Å². The number of carbonyl (C=O) groups is 3. The Morgan fingerprint density at radius 1 is 1.13 bits per heavy atom. The van der Waals surface area contributed by atoms with E-state index in [0.29, 0.717) is 37.6 Å². The van der Waals surface area contributed by atoms with Crippen molar-refractivity contribution in [3.63, 3.8) is 0 Å². The number of imide groups is 1. The van der Waals surface area contributed by atoms with Crippen LogP contribution in [0.2, 0.25) is 0 Å². The summed E-state index contributed by atoms with van der Waals surface area (Å²) in [4.78, 5) is 41.7. The molecule has 0 bridgehead atoms. The largest absolute Gasteiger partial charge is 0.459 e. The lowest BCUT2D eigenvalue weighted by atomic mass is 10.2. The predicted octanol–water partition coefficient (Wildman–Crippen LogP) is 1.61. The number of piperazine rings is 1. The van der Waals surface area contributed by atoms with E-state index < -0.39 is 11.8 Å². The third kappa shape index (κ3) is 4.50. The van der Waals surface area contributed by atoms with Gasteiger partial charge in [-0.15, -0.1) is 0 Å². The van der Waals surface area contributed by atoms with Crippen LogP contribution in [0.25, 0.3) is 0 Å². The number of amides is 3. The monoisotopic (exact) mass is 407 g/mol. The molecule has 0 aliphatic carbocycles. The van der Waals surface area contributed by atoms with E-state index in [1.54, 1.807) is 46.2 Å². The molecule has 9 heteroatoms. The fourth-order valence-electron chi connectivity index (χ4n) is 3.11. The summed E-state index contributed by atoms with van der Waals surface area (Å²) < 4.78 is 5.14. The molecule has 3 rings (SSSR count). The Bertz CT molecular complexity index is 997. The van der Waals surface area contributed by atoms with Gasteiger partial charge in [-0.1, -0.05) is 0 Å². The zero-order valence-corrected chi connectivity index (χ0v) is 16.4. The van der Waals surface area contributed by atoms with Gasteiger partial charge in [0.2, 0.25) is 5.91 Å². The number of carbonyl (C=O) groups excluding carboxylic acids is 3. The van der Waals surface area contributed by atoms with E-state index in [1.807, 2.05) is 6.07 Å². The van der Waals surface area contributed by atoms with Crippen LogP contribution in [0, 0.1) is 11.3 Å². The Balaban J connectivity index is 1.71. The summed E-state index contributed by atoms with van der Waals surface area (Å²) in [7, 11) is 0. The number of nitriles is 1. The van der Waals surface area contributed by atoms with Crippen molar-refractivity contribution in [1.29, 1.82) is 5.26 Å². The lowest BCUT2D eigenvalue weighted by Crippen LogP contribution is -2.47. The van der Waals surface area contributed by atoms with Crippen molar-refractivity contribution in [2.24, 2.45) is 0 Å². The Kier molecular flexibility index (Phi) is 6.17. The third-order valence-corrected chi connectivity index (χ3v) is 4.67. The van der Waals surface area contributed by atoms with E-state index in [0.717, 1.165) is 4.90 Å². The zero-order chi connectivity index (χ0) is 21.7. The van der Waals surface area contributed by atoms with Gasteiger partial charge in [0.25, 0.3) is 11.8 Å². The van der Waals surface area contributed by atoms with Crippen LogP contribution in [0.4, 0.5) is 11.4 Å². The molecule has 0 unspecified atom stereocenters. The number of benzene rings is 1. The van der Waals surface area contributed by atoms with E-state index in [-0.39, 0.29) is 17.2 Å². The van der Waals surface area contributed by atoms with Crippen molar-refractivity contribution in [3.05, 3.63) is 60.2 Å². The van der Waals surface area contributed by atoms with Crippen molar-refractivity contribution >= 4 is 29.1 Å². The number of nitrogens with zero attached hydrogens (tertiary/aromatic N) is 4. The molecule has 0 radical (unpaired) electrons. The average molecular weight is 407 g/mol. The van der Waals surface area contributed by atoms with Gasteiger partial charge in [-0.2, -0.15) is 5.26 Å². The first-order valence-corrected chi connectivity index (χ1v) is 9.30. The van der Waals surface area contributed by atoms with Gasteiger partial charge < -0.3 is 20.0 Å². The lowest BCUT2D eigenvalue weighted by molar-refractivity contribution is -0.123. The minimum Gasteiger partial charge on any atom is -0.459 e. The number of rotatable bonds is 4. The Morgan fingerprint density at radius 3 is 2.33 bits per heavy atom. The molecule has 1 aromatic heterocycles. The Hall–Kier alpha value is -4.06. The van der Waals surface area contributed by atoms with E-state index in [4.69, 9.17) is 10.2 Å². The van der Waals surface area contributed by atoms with Crippen molar-refractivity contribution < 1.29 is 18.8 Å². The first-order valence-electron chi connectivity index (χ1n) is 9.30. The number of furan rings is 1. The van der Waals surface area contributed by atoms with Crippen LogP contribution in [0.5, 0.6) is 0 Å². The van der Waals surface area contributed by atoms with Gasteiger partial charge in [0.1, 0.15) is 11.6 Å². The number of nitrogen functional groups attached to an aromatic ring is 1. The molecule has 2 heterocycles. The highest BCUT2D eigenvalue weighted by Crippen LogP contribution is 2.19. The number of nitrogens with two attached hydrogens (primary N) is 1. The summed E-state index contributed by atoms with van der Waals surface area (Å²) in [5, 5.41) is 9.51. The van der Waals surface area contributed by atoms with Gasteiger partial charge in [-0.05, 0) is 36.4 Å². The molecule has 0 saturated carbocycles. The van der Waals surface area contributed by atoms with Crippen LogP contribution in [-0.4, -0.2) is 53.7 Å². The highest BCUT2D eigenvalue weighted by atomic mass is 16.3. The van der Waals surface area contributed by atoms with Gasteiger partial charge in [-0.3, -0.25) is 14.4 Å². The van der Waals surface area contributed by atoms with E-state index in [9.17, 15) is 19.6 Å². The van der Waals surface area contributed by atoms with Crippen LogP contribution in [0.15, 0.2) is 58.9 Å². The van der Waals surface area contributed by atoms with Crippen molar-refractivity contribution in [1.82, 2.24) is 9.80 Å². The molecule has 9 nitrogen and oxygen atoms in total. The first-order chi connectivity index (χ1) is 14.4. The van der Waals surface area contributed by atoms with Crippen LogP contribution < -0.4 is 10.6 Å². The molecule has 2 aromatic rings. The van der Waals surface area contributed by atoms with E-state index >= 15 is 0 Å². The first kappa shape index (κ1) is 20.7. The second kappa shape index (κ2) is 8.96. The normalized spacial score (nSPS) is 14.2. The highest BCUT2D eigenvalue weighted by molar-refractivity contribution is 6.21. The van der Waals surface area contributed by atoms with Crippen molar-refractivity contribution in [2.75, 3.05) is 36.8 Å². The smallest absolute Gasteiger partial charge is 0.289 e. The Morgan fingerprint density at radius 2 is 1.80 bits per heavy atom. The molecular formula is C21H21N5O4. The zero-order valence-electron chi connectivity index (χ0n) is 16.4. The average Bonchev–Trinajstić information content (AvgIpc) is 3.28. The topological polar surface area (TPSA) is 124 Å². The molecule has 0 spiro atoms. The molecule has 1 aromatic carbocycles. The molecule has 30 heavy (non-hydrogen) atoms. The van der Waals surface area contributed by atoms with Gasteiger partial charge >= 0.3 is 0 Å².